The number of carbonyl (C=O) groups excluding carboxylic acids is 6. The smallest absolute Gasteiger partial charge is 0.303 e. The molecule has 0 radical (unpaired) electrons. The van der Waals surface area contributed by atoms with Gasteiger partial charge in [0.05, 0.1) is 12.2 Å². The number of allylic oxidation sites excluding steroid dienone is 1. The number of imide groups is 1. The second-order valence-electron chi connectivity index (χ2n) is 15.4. The lowest BCUT2D eigenvalue weighted by Crippen LogP contribution is -2.41. The molecular weight excluding hydrogens is 775 g/mol. The minimum Gasteiger partial charge on any atom is -0.506 e. The van der Waals surface area contributed by atoms with Crippen molar-refractivity contribution in [1.29, 1.82) is 0 Å². The second-order valence-corrected chi connectivity index (χ2v) is 16.3. The number of unbranched alkanes of at least 4 members (excludes halogenated alkanes) is 1. The molecule has 0 aliphatic carbocycles. The summed E-state index contributed by atoms with van der Waals surface area (Å²) < 4.78 is 5.74. The van der Waals surface area contributed by atoms with Gasteiger partial charge in [0.15, 0.2) is 6.10 Å². The number of nitrogens with one attached hydrogen (secondary N) is 2. The summed E-state index contributed by atoms with van der Waals surface area (Å²) in [6.45, 7) is 12.5. The van der Waals surface area contributed by atoms with E-state index in [1.165, 1.54) is 36.5 Å². The lowest BCUT2D eigenvalue weighted by atomic mass is 9.96. The van der Waals surface area contributed by atoms with E-state index in [2.05, 4.69) is 20.6 Å². The molecule has 5 amide bonds. The Labute approximate surface area is 353 Å². The van der Waals surface area contributed by atoms with Gasteiger partial charge in [-0.2, -0.15) is 0 Å². The summed E-state index contributed by atoms with van der Waals surface area (Å²) in [5.74, 6) is -1.87. The molecule has 0 aliphatic rings. The first-order valence-corrected chi connectivity index (χ1v) is 21.2. The van der Waals surface area contributed by atoms with Gasteiger partial charge < -0.3 is 30.3 Å². The molecule has 2 aromatic rings. The Morgan fingerprint density at radius 3 is 2.39 bits per heavy atom. The van der Waals surface area contributed by atoms with Crippen LogP contribution in [-0.2, 0) is 35.1 Å². The van der Waals surface area contributed by atoms with Crippen molar-refractivity contribution in [3.63, 3.8) is 0 Å². The van der Waals surface area contributed by atoms with Crippen LogP contribution in [0.5, 0.6) is 5.75 Å². The maximum Gasteiger partial charge on any atom is 0.303 e. The van der Waals surface area contributed by atoms with Gasteiger partial charge in [-0.25, -0.2) is 4.98 Å². The van der Waals surface area contributed by atoms with E-state index < -0.39 is 35.8 Å². The number of phenols is 1. The highest BCUT2D eigenvalue weighted by Crippen LogP contribution is 2.31. The Morgan fingerprint density at radius 2 is 1.76 bits per heavy atom. The molecule has 3 N–H and O–H groups in total. The van der Waals surface area contributed by atoms with Gasteiger partial charge >= 0.3 is 5.97 Å². The fraction of sp³-hybridized carbons (Fsp3) is 0.581. The van der Waals surface area contributed by atoms with E-state index in [0.29, 0.717) is 43.6 Å². The van der Waals surface area contributed by atoms with E-state index in [0.717, 1.165) is 29.8 Å². The van der Waals surface area contributed by atoms with E-state index in [1.54, 1.807) is 36.4 Å². The van der Waals surface area contributed by atoms with Crippen LogP contribution in [0, 0.1) is 11.8 Å². The molecule has 0 fully saturated rings. The predicted molar refractivity (Wildman–Crippen MR) is 231 cm³/mol. The number of likely N-dealkylation sites (N-methyl/N-ethyl adjacent to an activating group) is 1. The Balaban J connectivity index is 2.31. The van der Waals surface area contributed by atoms with Crippen LogP contribution >= 0.6 is 11.3 Å². The quantitative estimate of drug-likeness (QED) is 0.0344. The lowest BCUT2D eigenvalue weighted by molar-refractivity contribution is -0.148. The molecule has 1 heterocycles. The van der Waals surface area contributed by atoms with Crippen molar-refractivity contribution in [2.75, 3.05) is 46.1 Å². The van der Waals surface area contributed by atoms with Crippen molar-refractivity contribution >= 4 is 59.2 Å². The summed E-state index contributed by atoms with van der Waals surface area (Å²) in [7, 11) is 5.72. The number of hydrogen-bond donors (Lipinski definition) is 3. The summed E-state index contributed by atoms with van der Waals surface area (Å²) in [6, 6.07) is 4.18. The molecule has 0 spiro atoms. The number of ether oxygens (including phenoxy) is 1. The molecule has 2 rings (SSSR count). The average molecular weight is 840 g/mol. The van der Waals surface area contributed by atoms with Crippen molar-refractivity contribution < 1.29 is 38.6 Å². The zero-order valence-electron chi connectivity index (χ0n) is 36.2. The summed E-state index contributed by atoms with van der Waals surface area (Å²) >= 11 is 1.21. The first-order chi connectivity index (χ1) is 28.0. The molecule has 15 nitrogen and oxygen atoms in total. The number of hydrogen-bond acceptors (Lipinski definition) is 12. The van der Waals surface area contributed by atoms with Crippen LogP contribution in [0.25, 0.3) is 0 Å². The number of amides is 5. The normalized spacial score (nSPS) is 13.6. The summed E-state index contributed by atoms with van der Waals surface area (Å²) in [4.78, 5) is 89.2. The number of thiazole rings is 1. The van der Waals surface area contributed by atoms with Crippen LogP contribution in [0.2, 0.25) is 0 Å². The molecule has 16 heteroatoms. The maximum absolute atomic E-state index is 13.8. The first kappa shape index (κ1) is 50.2. The maximum atomic E-state index is 13.8. The molecule has 4 atom stereocenters. The van der Waals surface area contributed by atoms with E-state index in [-0.39, 0.29) is 60.3 Å². The van der Waals surface area contributed by atoms with Gasteiger partial charge in [-0.15, -0.1) is 11.3 Å². The molecular formula is C43H65N7O8S. The highest BCUT2D eigenvalue weighted by atomic mass is 32.1. The fourth-order valence-corrected chi connectivity index (χ4v) is 7.21. The first-order valence-electron chi connectivity index (χ1n) is 20.3. The zero-order valence-corrected chi connectivity index (χ0v) is 37.0. The molecule has 326 valence electrons. The van der Waals surface area contributed by atoms with Crippen LogP contribution in [0.4, 0.5) is 5.69 Å². The van der Waals surface area contributed by atoms with Crippen LogP contribution < -0.4 is 10.6 Å². The second kappa shape index (κ2) is 26.2. The van der Waals surface area contributed by atoms with Gasteiger partial charge in [0.1, 0.15) is 16.5 Å². The average Bonchev–Trinajstić information content (AvgIpc) is 3.67. The lowest BCUT2D eigenvalue weighted by Gasteiger charge is -2.33. The minimum atomic E-state index is -0.766. The number of phenolic OH excluding ortho intramolecular Hbond substituents is 1. The Kier molecular flexibility index (Phi) is 22.3. The fourth-order valence-electron chi connectivity index (χ4n) is 6.37. The number of aromatic hydroxyl groups is 1. The Morgan fingerprint density at radius 1 is 1.03 bits per heavy atom. The molecule has 59 heavy (non-hydrogen) atoms. The van der Waals surface area contributed by atoms with Gasteiger partial charge in [0.2, 0.25) is 18.2 Å². The number of anilines is 1. The van der Waals surface area contributed by atoms with Crippen LogP contribution in [0.15, 0.2) is 40.7 Å². The number of aliphatic imine (C=N–C) groups is 1. The van der Waals surface area contributed by atoms with Crippen LogP contribution in [0.3, 0.4) is 0 Å². The molecule has 0 bridgehead atoms. The number of nitrogens with zero attached hydrogens (tertiary/aromatic N) is 5. The monoisotopic (exact) mass is 839 g/mol. The van der Waals surface area contributed by atoms with Crippen molar-refractivity contribution in [3.05, 3.63) is 52.0 Å². The summed E-state index contributed by atoms with van der Waals surface area (Å²) in [6.07, 6.45) is 7.85. The number of aromatic nitrogens is 1. The molecule has 1 aromatic heterocycles. The number of esters is 1. The standard InChI is InChI=1S/C43H65N7O8S/c1-10-12-16-40(55)49(9)36(29(3)4)25-38(58-31(6)52)43-47-35(27-59-43)42(57)45-33(22-30(5)26-44-19-21-48(7)8)23-32-17-18-37(53)34(24-32)46-39(54)15-13-20-50(28-51)41(56)14-11-2/h11,14,17-18,24,26-30,33,36,38,53H,10,12-13,15-16,19-23,25H2,1-9H3,(H,45,57)(H,46,54)/b14-11-,44-26+. The van der Waals surface area contributed by atoms with Crippen molar-refractivity contribution in [1.82, 2.24) is 25.0 Å². The third kappa shape index (κ3) is 18.2. The SMILES string of the molecule is C/C=C\C(=O)N(C=O)CCCC(=O)Nc1cc(CC(CC(C)/C=N/CCN(C)C)NC(=O)c2csc(C(CC(C(C)C)N(C)C(=O)CCCC)OC(C)=O)n2)ccc1O. The van der Waals surface area contributed by atoms with Crippen molar-refractivity contribution in [2.24, 2.45) is 16.8 Å². The molecule has 4 unspecified atom stereocenters. The van der Waals surface area contributed by atoms with E-state index in [4.69, 9.17) is 4.74 Å². The number of carbonyl (C=O) groups is 6. The van der Waals surface area contributed by atoms with Crippen LogP contribution in [0.1, 0.15) is 114 Å². The number of benzene rings is 1. The highest BCUT2D eigenvalue weighted by molar-refractivity contribution is 7.09. The third-order valence-electron chi connectivity index (χ3n) is 9.57. The van der Waals surface area contributed by atoms with Gasteiger partial charge in [0.25, 0.3) is 11.8 Å². The highest BCUT2D eigenvalue weighted by Gasteiger charge is 2.31. The molecule has 1 aromatic carbocycles. The minimum absolute atomic E-state index is 0.000331. The van der Waals surface area contributed by atoms with Gasteiger partial charge in [-0.1, -0.05) is 46.3 Å². The third-order valence-corrected chi connectivity index (χ3v) is 10.5. The zero-order chi connectivity index (χ0) is 44.1. The number of rotatable bonds is 26. The van der Waals surface area contributed by atoms with E-state index in [1.807, 2.05) is 52.9 Å². The summed E-state index contributed by atoms with van der Waals surface area (Å²) in [5.41, 5.74) is 1.08. The van der Waals surface area contributed by atoms with E-state index >= 15 is 0 Å². The topological polar surface area (TPSA) is 191 Å². The molecule has 0 saturated carbocycles. The molecule has 0 saturated heterocycles. The summed E-state index contributed by atoms with van der Waals surface area (Å²) in [5, 5.41) is 18.5. The Bertz CT molecular complexity index is 1740. The van der Waals surface area contributed by atoms with Crippen molar-refractivity contribution in [3.8, 4) is 5.75 Å². The van der Waals surface area contributed by atoms with Crippen LogP contribution in [-0.4, -0.2) is 120 Å². The van der Waals surface area contributed by atoms with Gasteiger partial charge in [-0.3, -0.25) is 38.7 Å². The largest absolute Gasteiger partial charge is 0.506 e. The van der Waals surface area contributed by atoms with Crippen molar-refractivity contribution in [2.45, 2.75) is 111 Å². The predicted octanol–water partition coefficient (Wildman–Crippen LogP) is 5.80. The molecule has 0 aliphatic heterocycles. The Hall–Kier alpha value is -4.96. The van der Waals surface area contributed by atoms with Gasteiger partial charge in [0, 0.05) is 70.0 Å². The van der Waals surface area contributed by atoms with Gasteiger partial charge in [-0.05, 0) is 82.3 Å². The van der Waals surface area contributed by atoms with E-state index in [9.17, 15) is 33.9 Å².